The molecule has 0 radical (unpaired) electrons. The van der Waals surface area contributed by atoms with Crippen molar-refractivity contribution in [3.05, 3.63) is 64.4 Å². The summed E-state index contributed by atoms with van der Waals surface area (Å²) in [5, 5.41) is 1.34. The molecule has 0 saturated carbocycles. The van der Waals surface area contributed by atoms with E-state index in [-0.39, 0.29) is 24.5 Å². The third-order valence-electron chi connectivity index (χ3n) is 7.45. The Morgan fingerprint density at radius 3 is 2.27 bits per heavy atom. The molecule has 0 N–H and O–H groups in total. The molecule has 3 aromatic rings. The summed E-state index contributed by atoms with van der Waals surface area (Å²) in [6, 6.07) is 10.5. The first-order valence-electron chi connectivity index (χ1n) is 12.4. The largest absolute Gasteiger partial charge is 0.493 e. The highest BCUT2D eigenvalue weighted by Crippen LogP contribution is 2.56. The molecule has 0 unspecified atom stereocenters. The van der Waals surface area contributed by atoms with Gasteiger partial charge in [0.1, 0.15) is 11.3 Å². The molecule has 1 fully saturated rings. The number of anilines is 1. The number of hydrogen-bond donors (Lipinski definition) is 0. The molecule has 208 valence electrons. The van der Waals surface area contributed by atoms with Crippen LogP contribution in [0.15, 0.2) is 42.6 Å². The van der Waals surface area contributed by atoms with Gasteiger partial charge in [0.15, 0.2) is 23.0 Å². The molecule has 2 aliphatic heterocycles. The summed E-state index contributed by atoms with van der Waals surface area (Å²) in [6.07, 6.45) is 1.21. The molecule has 1 aliphatic carbocycles. The van der Waals surface area contributed by atoms with Crippen molar-refractivity contribution < 1.29 is 42.8 Å². The SMILES string of the molecule is COc1cc([C@@H]2c3cc4c(cc3[C@H](ON(C=O)c3ccc(Cl)nc3)[C@H]3COC(=O)[C@H]23)OCO4)cc(OC)c1OC. The van der Waals surface area contributed by atoms with E-state index < -0.39 is 23.9 Å². The molecule has 2 aromatic carbocycles. The Balaban J connectivity index is 1.52. The number of hydroxylamine groups is 1. The molecule has 1 saturated heterocycles. The van der Waals surface area contributed by atoms with Crippen LogP contribution in [0.3, 0.4) is 0 Å². The van der Waals surface area contributed by atoms with Gasteiger partial charge in [0, 0.05) is 11.8 Å². The van der Waals surface area contributed by atoms with Crippen molar-refractivity contribution in [1.29, 1.82) is 0 Å². The van der Waals surface area contributed by atoms with Gasteiger partial charge in [-0.15, -0.1) is 0 Å². The zero-order valence-corrected chi connectivity index (χ0v) is 22.5. The molecule has 11 nitrogen and oxygen atoms in total. The zero-order chi connectivity index (χ0) is 28.0. The van der Waals surface area contributed by atoms with Crippen LogP contribution in [-0.4, -0.2) is 52.1 Å². The number of ether oxygens (including phenoxy) is 6. The molecule has 0 spiro atoms. The van der Waals surface area contributed by atoms with Crippen molar-refractivity contribution >= 4 is 29.7 Å². The molecule has 6 rings (SSSR count). The zero-order valence-electron chi connectivity index (χ0n) is 21.8. The average molecular weight is 569 g/mol. The second kappa shape index (κ2) is 10.4. The maximum absolute atomic E-state index is 13.3. The quantitative estimate of drug-likeness (QED) is 0.170. The van der Waals surface area contributed by atoms with Gasteiger partial charge >= 0.3 is 5.97 Å². The molecule has 3 aliphatic rings. The first-order chi connectivity index (χ1) is 19.5. The summed E-state index contributed by atoms with van der Waals surface area (Å²) in [5.74, 6) is 0.418. The van der Waals surface area contributed by atoms with Gasteiger partial charge in [-0.25, -0.2) is 4.98 Å². The summed E-state index contributed by atoms with van der Waals surface area (Å²) in [5.41, 5.74) is 2.59. The Bertz CT molecular complexity index is 1440. The lowest BCUT2D eigenvalue weighted by atomic mass is 9.66. The predicted octanol–water partition coefficient (Wildman–Crippen LogP) is 4.06. The van der Waals surface area contributed by atoms with Gasteiger partial charge in [-0.3, -0.25) is 14.4 Å². The third-order valence-corrected chi connectivity index (χ3v) is 7.68. The number of carbonyl (C=O) groups excluding carboxylic acids is 2. The number of fused-ring (bicyclic) bond motifs is 3. The van der Waals surface area contributed by atoms with Gasteiger partial charge in [0.2, 0.25) is 19.0 Å². The number of rotatable bonds is 8. The van der Waals surface area contributed by atoms with Crippen molar-refractivity contribution in [3.63, 3.8) is 0 Å². The number of carbonyl (C=O) groups is 2. The minimum atomic E-state index is -0.750. The van der Waals surface area contributed by atoms with Crippen molar-refractivity contribution in [2.45, 2.75) is 12.0 Å². The van der Waals surface area contributed by atoms with Crippen molar-refractivity contribution in [2.75, 3.05) is 39.8 Å². The van der Waals surface area contributed by atoms with Crippen LogP contribution < -0.4 is 28.7 Å². The number of cyclic esters (lactones) is 1. The van der Waals surface area contributed by atoms with Crippen molar-refractivity contribution in [2.24, 2.45) is 11.8 Å². The summed E-state index contributed by atoms with van der Waals surface area (Å²) in [4.78, 5) is 35.9. The van der Waals surface area contributed by atoms with Crippen LogP contribution >= 0.6 is 11.6 Å². The van der Waals surface area contributed by atoms with Crippen LogP contribution in [0.4, 0.5) is 5.69 Å². The number of pyridine rings is 1. The van der Waals surface area contributed by atoms with Crippen LogP contribution in [0.25, 0.3) is 0 Å². The van der Waals surface area contributed by atoms with E-state index in [1.54, 1.807) is 12.1 Å². The van der Waals surface area contributed by atoms with Crippen molar-refractivity contribution in [1.82, 2.24) is 4.98 Å². The van der Waals surface area contributed by atoms with Gasteiger partial charge in [-0.1, -0.05) is 11.6 Å². The smallest absolute Gasteiger partial charge is 0.310 e. The fraction of sp³-hybridized carbons (Fsp3) is 0.321. The van der Waals surface area contributed by atoms with E-state index in [9.17, 15) is 9.59 Å². The van der Waals surface area contributed by atoms with Gasteiger partial charge < -0.3 is 28.4 Å². The summed E-state index contributed by atoms with van der Waals surface area (Å²) in [6.45, 7) is 0.152. The van der Waals surface area contributed by atoms with E-state index in [1.807, 2.05) is 24.3 Å². The topological polar surface area (TPSA) is 115 Å². The minimum absolute atomic E-state index is 0.0599. The Kier molecular flexibility index (Phi) is 6.77. The molecule has 40 heavy (non-hydrogen) atoms. The number of aromatic nitrogens is 1. The first kappa shape index (κ1) is 26.0. The second-order valence-corrected chi connectivity index (χ2v) is 9.77. The van der Waals surface area contributed by atoms with Crippen LogP contribution in [-0.2, 0) is 19.2 Å². The number of methoxy groups -OCH3 is 3. The molecule has 12 heteroatoms. The monoisotopic (exact) mass is 568 g/mol. The van der Waals surface area contributed by atoms with E-state index in [4.69, 9.17) is 44.9 Å². The van der Waals surface area contributed by atoms with E-state index in [0.717, 1.165) is 21.8 Å². The molecule has 4 atom stereocenters. The van der Waals surface area contributed by atoms with E-state index >= 15 is 0 Å². The summed E-state index contributed by atoms with van der Waals surface area (Å²) >= 11 is 5.93. The van der Waals surface area contributed by atoms with Crippen molar-refractivity contribution in [3.8, 4) is 28.7 Å². The van der Waals surface area contributed by atoms with Gasteiger partial charge in [-0.2, -0.15) is 5.06 Å². The van der Waals surface area contributed by atoms with Crippen LogP contribution in [0.5, 0.6) is 28.7 Å². The van der Waals surface area contributed by atoms with Crippen LogP contribution in [0.1, 0.15) is 28.7 Å². The highest BCUT2D eigenvalue weighted by atomic mass is 35.5. The Labute approximate surface area is 234 Å². The lowest BCUT2D eigenvalue weighted by molar-refractivity contribution is -0.141. The number of nitrogens with zero attached hydrogens (tertiary/aromatic N) is 2. The molecular weight excluding hydrogens is 544 g/mol. The first-order valence-corrected chi connectivity index (χ1v) is 12.8. The van der Waals surface area contributed by atoms with E-state index in [0.29, 0.717) is 40.8 Å². The minimum Gasteiger partial charge on any atom is -0.493 e. The lowest BCUT2D eigenvalue weighted by Gasteiger charge is -2.39. The Morgan fingerprint density at radius 1 is 0.975 bits per heavy atom. The van der Waals surface area contributed by atoms with Crippen LogP contribution in [0.2, 0.25) is 5.15 Å². The predicted molar refractivity (Wildman–Crippen MR) is 140 cm³/mol. The maximum atomic E-state index is 13.3. The molecular formula is C28H25ClN2O9. The van der Waals surface area contributed by atoms with Gasteiger partial charge in [0.05, 0.1) is 45.7 Å². The number of esters is 1. The number of amides is 1. The highest BCUT2D eigenvalue weighted by molar-refractivity contribution is 6.29. The maximum Gasteiger partial charge on any atom is 0.310 e. The fourth-order valence-corrected chi connectivity index (χ4v) is 5.81. The normalized spacial score (nSPS) is 22.1. The Hall–Kier alpha value is -4.22. The highest BCUT2D eigenvalue weighted by Gasteiger charge is 2.54. The summed E-state index contributed by atoms with van der Waals surface area (Å²) < 4.78 is 33.7. The van der Waals surface area contributed by atoms with E-state index in [1.165, 1.54) is 27.5 Å². The van der Waals surface area contributed by atoms with E-state index in [2.05, 4.69) is 4.98 Å². The molecule has 1 aromatic heterocycles. The van der Waals surface area contributed by atoms with Gasteiger partial charge in [-0.05, 0) is 53.1 Å². The Morgan fingerprint density at radius 2 is 1.68 bits per heavy atom. The standard InChI is InChI=1S/C28H25ClN2O9/c1-34-21-6-14(7-22(35-2)27(21)36-3)24-16-8-19-20(39-13-38-19)9-17(16)26(18-11-37-28(33)25(18)24)40-31(12-32)15-4-5-23(29)30-10-15/h4-10,12,18,24-26H,11,13H2,1-3H3/t18-,24+,25-,26-/m0/s1. The second-order valence-electron chi connectivity index (χ2n) is 9.39. The number of halogens is 1. The third kappa shape index (κ3) is 4.22. The molecule has 1 amide bonds. The lowest BCUT2D eigenvalue weighted by Crippen LogP contribution is -2.39. The summed E-state index contributed by atoms with van der Waals surface area (Å²) in [7, 11) is 4.59. The number of hydrogen-bond acceptors (Lipinski definition) is 10. The van der Waals surface area contributed by atoms with Crippen LogP contribution in [0, 0.1) is 11.8 Å². The molecule has 3 heterocycles. The molecule has 0 bridgehead atoms. The fourth-order valence-electron chi connectivity index (χ4n) is 5.70. The van der Waals surface area contributed by atoms with Gasteiger partial charge in [0.25, 0.3) is 0 Å². The number of benzene rings is 2. The average Bonchev–Trinajstić information content (AvgIpc) is 3.60.